The highest BCUT2D eigenvalue weighted by molar-refractivity contribution is 7.18. The number of rotatable bonds is 4. The van der Waals surface area contributed by atoms with Gasteiger partial charge in [0.05, 0.1) is 10.9 Å². The van der Waals surface area contributed by atoms with Crippen LogP contribution in [-0.2, 0) is 6.61 Å². The first-order valence-electron chi connectivity index (χ1n) is 8.39. The first kappa shape index (κ1) is 16.5. The van der Waals surface area contributed by atoms with Crippen molar-refractivity contribution in [1.82, 2.24) is 9.97 Å². The minimum atomic E-state index is -0.107. The molecule has 130 valence electrons. The van der Waals surface area contributed by atoms with Crippen LogP contribution in [0, 0.1) is 13.8 Å². The van der Waals surface area contributed by atoms with Crippen molar-refractivity contribution in [3.05, 3.63) is 81.0 Å². The predicted molar refractivity (Wildman–Crippen MR) is 106 cm³/mol. The molecule has 0 saturated heterocycles. The zero-order chi connectivity index (χ0) is 18.1. The fourth-order valence-corrected chi connectivity index (χ4v) is 3.94. The number of benzene rings is 2. The lowest BCUT2D eigenvalue weighted by Gasteiger charge is -2.11. The Kier molecular flexibility index (Phi) is 4.31. The van der Waals surface area contributed by atoms with Crippen LogP contribution in [0.4, 0.5) is 0 Å². The summed E-state index contributed by atoms with van der Waals surface area (Å²) in [5.74, 6) is 1.23. The van der Waals surface area contributed by atoms with Gasteiger partial charge >= 0.3 is 0 Å². The Morgan fingerprint density at radius 2 is 1.77 bits per heavy atom. The van der Waals surface area contributed by atoms with Gasteiger partial charge in [0.2, 0.25) is 0 Å². The van der Waals surface area contributed by atoms with Gasteiger partial charge in [-0.2, -0.15) is 0 Å². The maximum atomic E-state index is 12.6. The van der Waals surface area contributed by atoms with E-state index in [4.69, 9.17) is 4.74 Å². The average Bonchev–Trinajstić information content (AvgIpc) is 2.95. The molecule has 0 aliphatic rings. The van der Waals surface area contributed by atoms with Crippen molar-refractivity contribution in [2.75, 3.05) is 0 Å². The summed E-state index contributed by atoms with van der Waals surface area (Å²) in [5.41, 5.74) is 2.76. The lowest BCUT2D eigenvalue weighted by atomic mass is 10.1. The van der Waals surface area contributed by atoms with E-state index in [2.05, 4.69) is 9.97 Å². The maximum Gasteiger partial charge on any atom is 0.260 e. The van der Waals surface area contributed by atoms with E-state index in [1.165, 1.54) is 0 Å². The highest BCUT2D eigenvalue weighted by Crippen LogP contribution is 2.31. The Hall–Kier alpha value is -2.92. The van der Waals surface area contributed by atoms with Crippen LogP contribution >= 0.6 is 11.3 Å². The number of nitrogens with zero attached hydrogens (tertiary/aromatic N) is 1. The molecule has 0 amide bonds. The third-order valence-electron chi connectivity index (χ3n) is 4.42. The molecule has 0 aliphatic heterocycles. The summed E-state index contributed by atoms with van der Waals surface area (Å²) in [7, 11) is 0. The Morgan fingerprint density at radius 3 is 2.58 bits per heavy atom. The molecule has 4 aromatic rings. The van der Waals surface area contributed by atoms with Crippen molar-refractivity contribution in [1.29, 1.82) is 0 Å². The SMILES string of the molecule is Cc1sc2nc(-c3ccccc3OCc3ccccc3)[nH]c(=O)c2c1C. The van der Waals surface area contributed by atoms with Crippen LogP contribution < -0.4 is 10.3 Å². The smallest absolute Gasteiger partial charge is 0.260 e. The number of fused-ring (bicyclic) bond motifs is 1. The summed E-state index contributed by atoms with van der Waals surface area (Å²) in [6.45, 7) is 4.43. The normalized spacial score (nSPS) is 11.0. The number of aromatic amines is 1. The van der Waals surface area contributed by atoms with Crippen molar-refractivity contribution in [3.63, 3.8) is 0 Å². The van der Waals surface area contributed by atoms with Crippen molar-refractivity contribution in [2.45, 2.75) is 20.5 Å². The lowest BCUT2D eigenvalue weighted by molar-refractivity contribution is 0.307. The first-order valence-corrected chi connectivity index (χ1v) is 9.21. The topological polar surface area (TPSA) is 55.0 Å². The van der Waals surface area contributed by atoms with Crippen molar-refractivity contribution in [2.24, 2.45) is 0 Å². The minimum Gasteiger partial charge on any atom is -0.488 e. The molecule has 0 spiro atoms. The molecule has 0 saturated carbocycles. The second-order valence-corrected chi connectivity index (χ2v) is 7.35. The Bertz CT molecular complexity index is 1130. The molecule has 0 fully saturated rings. The standard InChI is InChI=1S/C21H18N2O2S/c1-13-14(2)26-21-18(13)20(24)22-19(23-21)16-10-6-7-11-17(16)25-12-15-8-4-3-5-9-15/h3-11H,12H2,1-2H3,(H,22,23,24). The summed E-state index contributed by atoms with van der Waals surface area (Å²) in [6, 6.07) is 17.6. The third kappa shape index (κ3) is 3.02. The van der Waals surface area contributed by atoms with Crippen molar-refractivity contribution >= 4 is 21.6 Å². The van der Waals surface area contributed by atoms with Crippen LogP contribution in [0.3, 0.4) is 0 Å². The zero-order valence-electron chi connectivity index (χ0n) is 14.6. The Balaban J connectivity index is 1.74. The van der Waals surface area contributed by atoms with Gasteiger partial charge in [0.15, 0.2) is 0 Å². The van der Waals surface area contributed by atoms with E-state index in [0.717, 1.165) is 26.4 Å². The molecule has 0 unspecified atom stereocenters. The molecule has 2 aromatic heterocycles. The first-order chi connectivity index (χ1) is 12.6. The highest BCUT2D eigenvalue weighted by Gasteiger charge is 2.15. The van der Waals surface area contributed by atoms with Gasteiger partial charge in [-0.15, -0.1) is 11.3 Å². The van der Waals surface area contributed by atoms with Gasteiger partial charge in [0.1, 0.15) is 23.0 Å². The van der Waals surface area contributed by atoms with Crippen LogP contribution in [-0.4, -0.2) is 9.97 Å². The van der Waals surface area contributed by atoms with E-state index >= 15 is 0 Å². The van der Waals surface area contributed by atoms with Gasteiger partial charge in [0, 0.05) is 4.88 Å². The van der Waals surface area contributed by atoms with Crippen molar-refractivity contribution < 1.29 is 4.74 Å². The van der Waals surface area contributed by atoms with Gasteiger partial charge in [0.25, 0.3) is 5.56 Å². The van der Waals surface area contributed by atoms with Gasteiger partial charge in [-0.25, -0.2) is 4.98 Å². The van der Waals surface area contributed by atoms with E-state index in [1.807, 2.05) is 68.4 Å². The van der Waals surface area contributed by atoms with Crippen molar-refractivity contribution in [3.8, 4) is 17.1 Å². The number of aromatic nitrogens is 2. The molecular weight excluding hydrogens is 344 g/mol. The van der Waals surface area contributed by atoms with E-state index in [0.29, 0.717) is 23.6 Å². The number of hydrogen-bond acceptors (Lipinski definition) is 4. The van der Waals surface area contributed by atoms with Crippen LogP contribution in [0.5, 0.6) is 5.75 Å². The highest BCUT2D eigenvalue weighted by atomic mass is 32.1. The second kappa shape index (κ2) is 6.77. The zero-order valence-corrected chi connectivity index (χ0v) is 15.4. The summed E-state index contributed by atoms with van der Waals surface area (Å²) < 4.78 is 6.00. The summed E-state index contributed by atoms with van der Waals surface area (Å²) >= 11 is 1.55. The number of thiophene rings is 1. The average molecular weight is 362 g/mol. The molecule has 1 N–H and O–H groups in total. The molecule has 0 atom stereocenters. The minimum absolute atomic E-state index is 0.107. The monoisotopic (exact) mass is 362 g/mol. The number of hydrogen-bond donors (Lipinski definition) is 1. The fraction of sp³-hybridized carbons (Fsp3) is 0.143. The molecule has 4 rings (SSSR count). The molecular formula is C21H18N2O2S. The predicted octanol–water partition coefficient (Wildman–Crippen LogP) is 4.85. The Labute approximate surface area is 155 Å². The van der Waals surface area contributed by atoms with Gasteiger partial charge in [-0.05, 0) is 37.1 Å². The number of para-hydroxylation sites is 1. The summed E-state index contributed by atoms with van der Waals surface area (Å²) in [4.78, 5) is 22.0. The largest absolute Gasteiger partial charge is 0.488 e. The fourth-order valence-electron chi connectivity index (χ4n) is 2.91. The van der Waals surface area contributed by atoms with Gasteiger partial charge in [-0.3, -0.25) is 4.79 Å². The van der Waals surface area contributed by atoms with Crippen LogP contribution in [0.1, 0.15) is 16.0 Å². The number of H-pyrrole nitrogens is 1. The molecule has 0 bridgehead atoms. The van der Waals surface area contributed by atoms with E-state index in [-0.39, 0.29) is 5.56 Å². The van der Waals surface area contributed by atoms with E-state index in [1.54, 1.807) is 11.3 Å². The van der Waals surface area contributed by atoms with Crippen LogP contribution in [0.2, 0.25) is 0 Å². The number of nitrogens with one attached hydrogen (secondary N) is 1. The molecule has 26 heavy (non-hydrogen) atoms. The summed E-state index contributed by atoms with van der Waals surface area (Å²) in [6.07, 6.45) is 0. The lowest BCUT2D eigenvalue weighted by Crippen LogP contribution is -2.09. The van der Waals surface area contributed by atoms with Gasteiger partial charge < -0.3 is 9.72 Å². The van der Waals surface area contributed by atoms with Gasteiger partial charge in [-0.1, -0.05) is 42.5 Å². The van der Waals surface area contributed by atoms with E-state index in [9.17, 15) is 4.79 Å². The molecule has 0 aliphatic carbocycles. The molecule has 2 heterocycles. The number of aryl methyl sites for hydroxylation is 2. The van der Waals surface area contributed by atoms with Crippen LogP contribution in [0.25, 0.3) is 21.6 Å². The summed E-state index contributed by atoms with van der Waals surface area (Å²) in [5, 5.41) is 0.680. The van der Waals surface area contributed by atoms with E-state index < -0.39 is 0 Å². The molecule has 4 nitrogen and oxygen atoms in total. The Morgan fingerprint density at radius 1 is 1.04 bits per heavy atom. The molecule has 0 radical (unpaired) electrons. The molecule has 2 aromatic carbocycles. The van der Waals surface area contributed by atoms with Crippen LogP contribution in [0.15, 0.2) is 59.4 Å². The maximum absolute atomic E-state index is 12.6. The molecule has 5 heteroatoms. The third-order valence-corrected chi connectivity index (χ3v) is 5.52. The second-order valence-electron chi connectivity index (χ2n) is 6.15. The number of ether oxygens (including phenoxy) is 1. The quantitative estimate of drug-likeness (QED) is 0.565.